The Bertz CT molecular complexity index is 671. The minimum absolute atomic E-state index is 0.0470. The van der Waals surface area contributed by atoms with Gasteiger partial charge in [0, 0.05) is 39.3 Å². The number of hydrogen-bond donors (Lipinski definition) is 4. The van der Waals surface area contributed by atoms with Gasteiger partial charge in [0.25, 0.3) is 0 Å². The number of urea groups is 1. The number of nitrogens with one attached hydrogen (secondary N) is 2. The van der Waals surface area contributed by atoms with Crippen molar-refractivity contribution in [2.75, 3.05) is 39.3 Å². The molecular formula is C22H38N6O3. The van der Waals surface area contributed by atoms with Crippen LogP contribution in [0.3, 0.4) is 0 Å². The van der Waals surface area contributed by atoms with E-state index in [9.17, 15) is 14.7 Å². The molecule has 1 spiro atoms. The maximum Gasteiger partial charge on any atom is 0.407 e. The molecule has 2 heterocycles. The first-order valence-corrected chi connectivity index (χ1v) is 12.0. The number of nitrogens with zero attached hydrogens (tertiary/aromatic N) is 3. The third-order valence-corrected chi connectivity index (χ3v) is 8.47. The Morgan fingerprint density at radius 1 is 0.968 bits per heavy atom. The normalized spacial score (nSPS) is 31.5. The zero-order valence-corrected chi connectivity index (χ0v) is 18.5. The number of guanidine groups is 1. The predicted octanol–water partition coefficient (Wildman–Crippen LogP) is 2.33. The van der Waals surface area contributed by atoms with Gasteiger partial charge >= 0.3 is 12.1 Å². The van der Waals surface area contributed by atoms with Crippen LogP contribution in [0.2, 0.25) is 0 Å². The van der Waals surface area contributed by atoms with E-state index >= 15 is 0 Å². The van der Waals surface area contributed by atoms with Gasteiger partial charge in [-0.3, -0.25) is 10.3 Å². The number of amides is 3. The van der Waals surface area contributed by atoms with Crippen LogP contribution in [0, 0.1) is 23.2 Å². The van der Waals surface area contributed by atoms with E-state index in [0.717, 1.165) is 58.0 Å². The van der Waals surface area contributed by atoms with Crippen molar-refractivity contribution < 1.29 is 14.7 Å². The van der Waals surface area contributed by atoms with Crippen molar-refractivity contribution in [2.45, 2.75) is 63.3 Å². The molecular weight excluding hydrogens is 396 g/mol. The molecule has 0 aromatic heterocycles. The Labute approximate surface area is 184 Å². The maximum absolute atomic E-state index is 13.0. The summed E-state index contributed by atoms with van der Waals surface area (Å²) in [7, 11) is 0. The van der Waals surface area contributed by atoms with Gasteiger partial charge in [0.05, 0.1) is 5.54 Å². The van der Waals surface area contributed by atoms with Gasteiger partial charge in [0.1, 0.15) is 0 Å². The van der Waals surface area contributed by atoms with Crippen LogP contribution in [0.4, 0.5) is 9.59 Å². The van der Waals surface area contributed by atoms with Crippen LogP contribution < -0.4 is 11.1 Å². The summed E-state index contributed by atoms with van der Waals surface area (Å²) >= 11 is 0. The summed E-state index contributed by atoms with van der Waals surface area (Å²) < 4.78 is 0. The number of carbonyl (C=O) groups excluding carboxylic acids is 1. The molecule has 0 radical (unpaired) electrons. The number of piperazine rings is 1. The third-order valence-electron chi connectivity index (χ3n) is 8.47. The zero-order valence-electron chi connectivity index (χ0n) is 18.5. The summed E-state index contributed by atoms with van der Waals surface area (Å²) in [6.07, 6.45) is 8.78. The standard InChI is InChI=1S/C22H38N6O3/c23-19(24)26-11-8-16(9-12-26)7-10-25-20(29)27-13-14-28(21(30)31)22(15-27)17-3-1-4-18(22)6-2-5-17/h16-18H,1-15H2,(H3,23,24)(H,25,29)(H,30,31). The average molecular weight is 435 g/mol. The van der Waals surface area contributed by atoms with E-state index in [0.29, 0.717) is 43.9 Å². The minimum atomic E-state index is -0.823. The number of carboxylic acid groups (broad SMARTS) is 1. The Morgan fingerprint density at radius 3 is 2.13 bits per heavy atom. The molecule has 2 saturated heterocycles. The van der Waals surface area contributed by atoms with E-state index in [1.54, 1.807) is 4.90 Å². The van der Waals surface area contributed by atoms with Crippen LogP contribution in [-0.2, 0) is 0 Å². The van der Waals surface area contributed by atoms with Crippen molar-refractivity contribution >= 4 is 18.1 Å². The average Bonchev–Trinajstić information content (AvgIpc) is 2.73. The summed E-state index contributed by atoms with van der Waals surface area (Å²) in [5.74, 6) is 1.44. The lowest BCUT2D eigenvalue weighted by Gasteiger charge is -2.61. The second-order valence-electron chi connectivity index (χ2n) is 9.94. The molecule has 3 amide bonds. The Kier molecular flexibility index (Phi) is 6.48. The van der Waals surface area contributed by atoms with E-state index in [-0.39, 0.29) is 12.0 Å². The van der Waals surface area contributed by atoms with Gasteiger partial charge in [-0.15, -0.1) is 0 Å². The highest BCUT2D eigenvalue weighted by Gasteiger charge is 2.57. The Balaban J connectivity index is 1.33. The smallest absolute Gasteiger partial charge is 0.407 e. The summed E-state index contributed by atoms with van der Waals surface area (Å²) in [5, 5.41) is 20.6. The number of rotatable bonds is 3. The molecule has 4 rings (SSSR count). The van der Waals surface area contributed by atoms with Crippen LogP contribution in [-0.4, -0.2) is 82.7 Å². The summed E-state index contributed by atoms with van der Waals surface area (Å²) in [6.45, 7) is 3.70. The molecule has 2 aliphatic heterocycles. The summed E-state index contributed by atoms with van der Waals surface area (Å²) in [4.78, 5) is 30.6. The Morgan fingerprint density at radius 2 is 1.58 bits per heavy atom. The highest BCUT2D eigenvalue weighted by molar-refractivity contribution is 5.75. The first kappa shape index (κ1) is 22.0. The van der Waals surface area contributed by atoms with Crippen molar-refractivity contribution in [1.29, 1.82) is 5.41 Å². The van der Waals surface area contributed by atoms with Crippen molar-refractivity contribution in [2.24, 2.45) is 23.5 Å². The Hall–Kier alpha value is -2.19. The van der Waals surface area contributed by atoms with Crippen LogP contribution in [0.25, 0.3) is 0 Å². The highest BCUT2D eigenvalue weighted by Crippen LogP contribution is 2.52. The molecule has 4 fully saturated rings. The van der Waals surface area contributed by atoms with Gasteiger partial charge in [0.2, 0.25) is 0 Å². The highest BCUT2D eigenvalue weighted by atomic mass is 16.4. The fraction of sp³-hybridized carbons (Fsp3) is 0.864. The first-order chi connectivity index (χ1) is 14.9. The van der Waals surface area contributed by atoms with Crippen molar-refractivity contribution in [3.8, 4) is 0 Å². The molecule has 9 nitrogen and oxygen atoms in total. The molecule has 9 heteroatoms. The van der Waals surface area contributed by atoms with Crippen LogP contribution in [0.1, 0.15) is 57.8 Å². The second-order valence-corrected chi connectivity index (χ2v) is 9.94. The molecule has 0 unspecified atom stereocenters. The molecule has 174 valence electrons. The fourth-order valence-electron chi connectivity index (χ4n) is 6.85. The minimum Gasteiger partial charge on any atom is -0.465 e. The van der Waals surface area contributed by atoms with Crippen molar-refractivity contribution in [3.63, 3.8) is 0 Å². The van der Waals surface area contributed by atoms with E-state index < -0.39 is 11.6 Å². The molecule has 4 aliphatic rings. The fourth-order valence-corrected chi connectivity index (χ4v) is 6.85. The maximum atomic E-state index is 13.0. The van der Waals surface area contributed by atoms with Gasteiger partial charge in [-0.2, -0.15) is 0 Å². The molecule has 2 bridgehead atoms. The molecule has 2 aliphatic carbocycles. The van der Waals surface area contributed by atoms with E-state index in [1.165, 1.54) is 12.8 Å². The van der Waals surface area contributed by atoms with Crippen LogP contribution in [0.15, 0.2) is 0 Å². The first-order valence-electron chi connectivity index (χ1n) is 12.0. The number of carbonyl (C=O) groups is 2. The van der Waals surface area contributed by atoms with E-state index in [1.807, 2.05) is 9.80 Å². The number of likely N-dealkylation sites (tertiary alicyclic amines) is 1. The van der Waals surface area contributed by atoms with Gasteiger partial charge in [-0.05, 0) is 62.7 Å². The van der Waals surface area contributed by atoms with Crippen LogP contribution in [0.5, 0.6) is 0 Å². The molecule has 2 saturated carbocycles. The van der Waals surface area contributed by atoms with Gasteiger partial charge < -0.3 is 26.0 Å². The van der Waals surface area contributed by atoms with Crippen LogP contribution >= 0.6 is 0 Å². The number of piperidine rings is 1. The summed E-state index contributed by atoms with van der Waals surface area (Å²) in [6, 6.07) is -0.0470. The van der Waals surface area contributed by atoms with Gasteiger partial charge in [0.15, 0.2) is 5.96 Å². The number of nitrogens with two attached hydrogens (primary N) is 1. The monoisotopic (exact) mass is 434 g/mol. The van der Waals surface area contributed by atoms with Gasteiger partial charge in [-0.1, -0.05) is 12.8 Å². The predicted molar refractivity (Wildman–Crippen MR) is 118 cm³/mol. The van der Waals surface area contributed by atoms with E-state index in [4.69, 9.17) is 11.1 Å². The zero-order chi connectivity index (χ0) is 22.0. The molecule has 31 heavy (non-hydrogen) atoms. The van der Waals surface area contributed by atoms with Crippen molar-refractivity contribution in [3.05, 3.63) is 0 Å². The molecule has 0 aromatic rings. The lowest BCUT2D eigenvalue weighted by atomic mass is 9.58. The lowest BCUT2D eigenvalue weighted by molar-refractivity contribution is -0.0942. The third kappa shape index (κ3) is 4.28. The van der Waals surface area contributed by atoms with E-state index in [2.05, 4.69) is 5.32 Å². The van der Waals surface area contributed by atoms with Gasteiger partial charge in [-0.25, -0.2) is 9.59 Å². The largest absolute Gasteiger partial charge is 0.465 e. The molecule has 0 aromatic carbocycles. The topological polar surface area (TPSA) is 126 Å². The lowest BCUT2D eigenvalue weighted by Crippen LogP contribution is -2.73. The SMILES string of the molecule is N=C(N)N1CCC(CCNC(=O)N2CCN(C(=O)O)C3(C2)C2CCCC3CCC2)CC1. The summed E-state index contributed by atoms with van der Waals surface area (Å²) in [5.41, 5.74) is 5.17. The number of hydrogen-bond acceptors (Lipinski definition) is 3. The molecule has 0 atom stereocenters. The quantitative estimate of drug-likeness (QED) is 0.401. The van der Waals surface area contributed by atoms with Crippen molar-refractivity contribution in [1.82, 2.24) is 20.0 Å². The second kappa shape index (κ2) is 9.12. The molecule has 5 N–H and O–H groups in total.